The Kier molecular flexibility index (Phi) is 8.63. The number of hydrogen-bond donors (Lipinski definition) is 3. The Bertz CT molecular complexity index is 877. The summed E-state index contributed by atoms with van der Waals surface area (Å²) in [5.41, 5.74) is 1.85. The molecule has 0 radical (unpaired) electrons. The van der Waals surface area contributed by atoms with E-state index >= 15 is 0 Å². The number of aromatic carboxylic acids is 2. The lowest BCUT2D eigenvalue weighted by molar-refractivity contribution is 0.0686. The third-order valence-corrected chi connectivity index (χ3v) is 3.76. The van der Waals surface area contributed by atoms with E-state index < -0.39 is 11.9 Å². The number of carboxylic acids is 2. The first-order valence-corrected chi connectivity index (χ1v) is 8.98. The summed E-state index contributed by atoms with van der Waals surface area (Å²) in [6, 6.07) is 26.8. The zero-order chi connectivity index (χ0) is 20.9. The van der Waals surface area contributed by atoms with Crippen LogP contribution in [0.25, 0.3) is 0 Å². The zero-order valence-corrected chi connectivity index (χ0v) is 15.7. The van der Waals surface area contributed by atoms with Crippen molar-refractivity contribution >= 4 is 17.8 Å². The van der Waals surface area contributed by atoms with Crippen LogP contribution in [0, 0.1) is 0 Å². The van der Waals surface area contributed by atoms with Gasteiger partial charge in [0.15, 0.2) is 0 Å². The largest absolute Gasteiger partial charge is 0.478 e. The summed E-state index contributed by atoms with van der Waals surface area (Å²) in [6.07, 6.45) is 0. The summed E-state index contributed by atoms with van der Waals surface area (Å²) in [6.45, 7) is 1.88. The second kappa shape index (κ2) is 11.7. The molecule has 0 saturated carbocycles. The van der Waals surface area contributed by atoms with Gasteiger partial charge in [0.2, 0.25) is 0 Å². The predicted molar refractivity (Wildman–Crippen MR) is 113 cm³/mol. The van der Waals surface area contributed by atoms with E-state index in [0.29, 0.717) is 11.1 Å². The molecule has 0 aliphatic carbocycles. The maximum atomic E-state index is 10.2. The van der Waals surface area contributed by atoms with Gasteiger partial charge in [0.25, 0.3) is 0 Å². The third-order valence-electron chi connectivity index (χ3n) is 3.76. The Morgan fingerprint density at radius 2 is 1.10 bits per heavy atom. The highest BCUT2D eigenvalue weighted by molar-refractivity contribution is 5.99. The van der Waals surface area contributed by atoms with Gasteiger partial charge in [-0.25, -0.2) is 9.59 Å². The van der Waals surface area contributed by atoms with Gasteiger partial charge in [-0.1, -0.05) is 66.7 Å². The van der Waals surface area contributed by atoms with Crippen molar-refractivity contribution in [3.8, 4) is 0 Å². The van der Waals surface area contributed by atoms with Crippen LogP contribution in [0.3, 0.4) is 0 Å². The summed E-state index contributed by atoms with van der Waals surface area (Å²) in [5.74, 6) is -0.725. The monoisotopic (exact) mass is 390 g/mol. The Labute approximate surface area is 169 Å². The minimum atomic E-state index is -0.879. The Hall–Kier alpha value is -3.93. The average Bonchev–Trinajstić information content (AvgIpc) is 3.32. The van der Waals surface area contributed by atoms with Gasteiger partial charge >= 0.3 is 11.9 Å². The molecule has 0 aromatic heterocycles. The third kappa shape index (κ3) is 7.68. The second-order valence-corrected chi connectivity index (χ2v) is 5.87. The standard InChI is InChI=1S/C9H10N2.2C7H6O2/c1-2-4-8(5-3-1)9-10-6-7-11-9;2*8-7(9)6-4-2-1-3-5-6/h1-5H,6-7H2,(H,10,11);2*1-5H,(H,8,9). The molecule has 3 N–H and O–H groups in total. The lowest BCUT2D eigenvalue weighted by Crippen LogP contribution is -2.19. The van der Waals surface area contributed by atoms with E-state index in [1.807, 2.05) is 18.2 Å². The van der Waals surface area contributed by atoms with E-state index in [4.69, 9.17) is 10.2 Å². The molecule has 0 bridgehead atoms. The molecule has 0 atom stereocenters. The quantitative estimate of drug-likeness (QED) is 0.632. The van der Waals surface area contributed by atoms with E-state index in [9.17, 15) is 9.59 Å². The number of carbonyl (C=O) groups is 2. The summed E-state index contributed by atoms with van der Waals surface area (Å²) < 4.78 is 0. The first kappa shape index (κ1) is 21.4. The molecule has 0 unspecified atom stereocenters. The smallest absolute Gasteiger partial charge is 0.335 e. The number of aliphatic imine (C=N–C) groups is 1. The molecule has 29 heavy (non-hydrogen) atoms. The molecule has 3 aromatic rings. The lowest BCUT2D eigenvalue weighted by Gasteiger charge is -1.99. The lowest BCUT2D eigenvalue weighted by atomic mass is 10.2. The number of amidine groups is 1. The Balaban J connectivity index is 0.000000157. The number of hydrogen-bond acceptors (Lipinski definition) is 4. The van der Waals surface area contributed by atoms with Crippen LogP contribution in [0.5, 0.6) is 0 Å². The van der Waals surface area contributed by atoms with Gasteiger partial charge in [-0.2, -0.15) is 0 Å². The number of carboxylic acid groups (broad SMARTS) is 2. The van der Waals surface area contributed by atoms with Gasteiger partial charge in [0.1, 0.15) is 5.84 Å². The van der Waals surface area contributed by atoms with Crippen molar-refractivity contribution < 1.29 is 19.8 Å². The zero-order valence-electron chi connectivity index (χ0n) is 15.7. The first-order chi connectivity index (χ1) is 14.1. The van der Waals surface area contributed by atoms with Crippen molar-refractivity contribution in [3.63, 3.8) is 0 Å². The molecule has 0 spiro atoms. The fourth-order valence-electron chi connectivity index (χ4n) is 2.35. The molecular weight excluding hydrogens is 368 g/mol. The van der Waals surface area contributed by atoms with Crippen molar-refractivity contribution in [2.45, 2.75) is 0 Å². The van der Waals surface area contributed by atoms with Crippen molar-refractivity contribution in [2.24, 2.45) is 4.99 Å². The highest BCUT2D eigenvalue weighted by Gasteiger charge is 2.05. The molecule has 0 fully saturated rings. The molecule has 6 heteroatoms. The van der Waals surface area contributed by atoms with Gasteiger partial charge in [-0.05, 0) is 24.3 Å². The molecular formula is C23H22N2O4. The summed E-state index contributed by atoms with van der Waals surface area (Å²) in [5, 5.41) is 20.0. The fourth-order valence-corrected chi connectivity index (χ4v) is 2.35. The number of rotatable bonds is 3. The molecule has 1 aliphatic rings. The van der Waals surface area contributed by atoms with Crippen molar-refractivity contribution in [3.05, 3.63) is 108 Å². The SMILES string of the molecule is O=C(O)c1ccccc1.O=C(O)c1ccccc1.c1ccc(C2=NCCN2)cc1. The summed E-state index contributed by atoms with van der Waals surface area (Å²) in [7, 11) is 0. The molecule has 0 amide bonds. The van der Waals surface area contributed by atoms with Crippen molar-refractivity contribution in [1.82, 2.24) is 5.32 Å². The summed E-state index contributed by atoms with van der Waals surface area (Å²) in [4.78, 5) is 24.7. The molecule has 1 aliphatic heterocycles. The van der Waals surface area contributed by atoms with Crippen molar-refractivity contribution in [2.75, 3.05) is 13.1 Å². The second-order valence-electron chi connectivity index (χ2n) is 5.87. The normalized spacial score (nSPS) is 11.5. The van der Waals surface area contributed by atoms with E-state index in [-0.39, 0.29) is 0 Å². The molecule has 148 valence electrons. The van der Waals surface area contributed by atoms with Gasteiger partial charge in [0, 0.05) is 12.1 Å². The van der Waals surface area contributed by atoms with Crippen LogP contribution in [-0.4, -0.2) is 41.1 Å². The van der Waals surface area contributed by atoms with Gasteiger partial charge < -0.3 is 15.5 Å². The van der Waals surface area contributed by atoms with E-state index in [2.05, 4.69) is 22.4 Å². The highest BCUT2D eigenvalue weighted by Crippen LogP contribution is 2.01. The highest BCUT2D eigenvalue weighted by atomic mass is 16.4. The summed E-state index contributed by atoms with van der Waals surface area (Å²) >= 11 is 0. The number of nitrogens with one attached hydrogen (secondary N) is 1. The van der Waals surface area contributed by atoms with E-state index in [0.717, 1.165) is 18.9 Å². The van der Waals surface area contributed by atoms with Gasteiger partial charge in [-0.15, -0.1) is 0 Å². The van der Waals surface area contributed by atoms with Crippen LogP contribution in [0.2, 0.25) is 0 Å². The van der Waals surface area contributed by atoms with Crippen LogP contribution in [0.1, 0.15) is 26.3 Å². The molecule has 3 aromatic carbocycles. The fraction of sp³-hybridized carbons (Fsp3) is 0.0870. The molecule has 6 nitrogen and oxygen atoms in total. The maximum Gasteiger partial charge on any atom is 0.335 e. The predicted octanol–water partition coefficient (Wildman–Crippen LogP) is 3.81. The van der Waals surface area contributed by atoms with Crippen LogP contribution >= 0.6 is 0 Å². The number of benzene rings is 3. The van der Waals surface area contributed by atoms with Crippen molar-refractivity contribution in [1.29, 1.82) is 0 Å². The molecule has 1 heterocycles. The van der Waals surface area contributed by atoms with Crippen LogP contribution in [0.15, 0.2) is 96.0 Å². The Morgan fingerprint density at radius 3 is 1.41 bits per heavy atom. The van der Waals surface area contributed by atoms with Gasteiger partial charge in [-0.3, -0.25) is 4.99 Å². The van der Waals surface area contributed by atoms with E-state index in [1.54, 1.807) is 60.7 Å². The van der Waals surface area contributed by atoms with Crippen LogP contribution in [-0.2, 0) is 0 Å². The molecule has 4 rings (SSSR count). The van der Waals surface area contributed by atoms with Crippen LogP contribution in [0.4, 0.5) is 0 Å². The molecule has 0 saturated heterocycles. The minimum absolute atomic E-state index is 0.331. The first-order valence-electron chi connectivity index (χ1n) is 8.98. The Morgan fingerprint density at radius 1 is 0.690 bits per heavy atom. The van der Waals surface area contributed by atoms with E-state index in [1.165, 1.54) is 5.56 Å². The maximum absolute atomic E-state index is 10.2. The number of nitrogens with zero attached hydrogens (tertiary/aromatic N) is 1. The van der Waals surface area contributed by atoms with Gasteiger partial charge in [0.05, 0.1) is 17.7 Å². The van der Waals surface area contributed by atoms with Crippen LogP contribution < -0.4 is 5.32 Å². The average molecular weight is 390 g/mol. The topological polar surface area (TPSA) is 99.0 Å². The minimum Gasteiger partial charge on any atom is -0.478 e.